The van der Waals surface area contributed by atoms with Gasteiger partial charge in [0.1, 0.15) is 5.82 Å². The molecule has 3 aromatic carbocycles. The molecule has 1 amide bonds. The number of aryl methyl sites for hydroxylation is 2. The third kappa shape index (κ3) is 7.49. The van der Waals surface area contributed by atoms with Crippen LogP contribution in [-0.2, 0) is 28.9 Å². The van der Waals surface area contributed by atoms with Crippen molar-refractivity contribution >= 4 is 17.3 Å². The van der Waals surface area contributed by atoms with E-state index in [4.69, 9.17) is 4.74 Å². The Labute approximate surface area is 238 Å². The van der Waals surface area contributed by atoms with Crippen molar-refractivity contribution in [2.24, 2.45) is 5.92 Å². The lowest BCUT2D eigenvalue weighted by molar-refractivity contribution is -0.118. The molecule has 0 aliphatic carbocycles. The van der Waals surface area contributed by atoms with Crippen LogP contribution in [0.25, 0.3) is 0 Å². The van der Waals surface area contributed by atoms with Crippen LogP contribution in [0.1, 0.15) is 42.9 Å². The van der Waals surface area contributed by atoms with Crippen molar-refractivity contribution in [1.82, 2.24) is 4.90 Å². The largest absolute Gasteiger partial charge is 0.378 e. The SMILES string of the molecule is CCc1ccc(CN2CCC(CN(C(=O)CCc3ccccc3)c3ccc(N4CCOCC4)c(F)c3)CC2)cc1. The standard InChI is InChI=1S/C34H42FN3O2/c1-2-27-8-10-29(11-9-27)25-36-18-16-30(17-19-36)26-38(34(39)15-12-28-6-4-3-5-7-28)31-13-14-33(32(35)24-31)37-20-22-40-23-21-37/h3-11,13-14,24,30H,2,12,15-23,25-26H2,1H3. The molecule has 0 saturated carbocycles. The molecule has 2 heterocycles. The molecule has 2 fully saturated rings. The molecular formula is C34H42FN3O2. The van der Waals surface area contributed by atoms with Crippen LogP contribution in [0.2, 0.25) is 0 Å². The lowest BCUT2D eigenvalue weighted by atomic mass is 9.95. The number of hydrogen-bond donors (Lipinski definition) is 0. The highest BCUT2D eigenvalue weighted by Gasteiger charge is 2.26. The summed E-state index contributed by atoms with van der Waals surface area (Å²) in [6.07, 6.45) is 4.21. The van der Waals surface area contributed by atoms with Gasteiger partial charge in [0.2, 0.25) is 5.91 Å². The summed E-state index contributed by atoms with van der Waals surface area (Å²) >= 11 is 0. The zero-order chi connectivity index (χ0) is 27.7. The maximum atomic E-state index is 15.4. The van der Waals surface area contributed by atoms with E-state index in [0.29, 0.717) is 63.0 Å². The second-order valence-electron chi connectivity index (χ2n) is 11.1. The van der Waals surface area contributed by atoms with E-state index in [9.17, 15) is 4.79 Å². The maximum Gasteiger partial charge on any atom is 0.227 e. The smallest absolute Gasteiger partial charge is 0.227 e. The van der Waals surface area contributed by atoms with Crippen molar-refractivity contribution in [1.29, 1.82) is 0 Å². The van der Waals surface area contributed by atoms with Gasteiger partial charge >= 0.3 is 0 Å². The number of halogens is 1. The van der Waals surface area contributed by atoms with E-state index < -0.39 is 0 Å². The Morgan fingerprint density at radius 2 is 1.60 bits per heavy atom. The molecular weight excluding hydrogens is 501 g/mol. The Morgan fingerprint density at radius 3 is 2.27 bits per heavy atom. The number of hydrogen-bond acceptors (Lipinski definition) is 4. The van der Waals surface area contributed by atoms with E-state index in [1.807, 2.05) is 40.1 Å². The molecule has 5 nitrogen and oxygen atoms in total. The van der Waals surface area contributed by atoms with Gasteiger partial charge in [-0.05, 0) is 79.6 Å². The van der Waals surface area contributed by atoms with Crippen molar-refractivity contribution in [3.05, 3.63) is 95.3 Å². The van der Waals surface area contributed by atoms with E-state index in [1.54, 1.807) is 6.07 Å². The summed E-state index contributed by atoms with van der Waals surface area (Å²) in [6.45, 7) is 8.36. The number of ether oxygens (including phenoxy) is 1. The number of benzene rings is 3. The molecule has 2 aliphatic rings. The minimum atomic E-state index is -0.274. The van der Waals surface area contributed by atoms with Crippen LogP contribution in [0, 0.1) is 11.7 Å². The van der Waals surface area contributed by atoms with Gasteiger partial charge in [0.15, 0.2) is 0 Å². The monoisotopic (exact) mass is 543 g/mol. The van der Waals surface area contributed by atoms with Gasteiger partial charge < -0.3 is 14.5 Å². The number of amides is 1. The summed E-state index contributed by atoms with van der Waals surface area (Å²) in [5.74, 6) is 0.173. The van der Waals surface area contributed by atoms with Crippen LogP contribution >= 0.6 is 0 Å². The second-order valence-corrected chi connectivity index (χ2v) is 11.1. The summed E-state index contributed by atoms with van der Waals surface area (Å²) in [4.78, 5) is 20.0. The van der Waals surface area contributed by atoms with Crippen molar-refractivity contribution in [2.45, 2.75) is 45.6 Å². The fraction of sp³-hybridized carbons (Fsp3) is 0.441. The van der Waals surface area contributed by atoms with Crippen LogP contribution in [0.3, 0.4) is 0 Å². The van der Waals surface area contributed by atoms with E-state index in [0.717, 1.165) is 44.5 Å². The summed E-state index contributed by atoms with van der Waals surface area (Å²) in [7, 11) is 0. The van der Waals surface area contributed by atoms with Crippen LogP contribution in [-0.4, -0.2) is 56.7 Å². The molecule has 40 heavy (non-hydrogen) atoms. The fourth-order valence-corrected chi connectivity index (χ4v) is 5.83. The molecule has 0 aromatic heterocycles. The van der Waals surface area contributed by atoms with Crippen molar-refractivity contribution in [3.63, 3.8) is 0 Å². The molecule has 2 aliphatic heterocycles. The average molecular weight is 544 g/mol. The van der Waals surface area contributed by atoms with Crippen LogP contribution in [0.15, 0.2) is 72.8 Å². The molecule has 0 N–H and O–H groups in total. The van der Waals surface area contributed by atoms with Gasteiger partial charge in [0.05, 0.1) is 18.9 Å². The van der Waals surface area contributed by atoms with E-state index in [-0.39, 0.29) is 11.7 Å². The van der Waals surface area contributed by atoms with Crippen LogP contribution in [0.4, 0.5) is 15.8 Å². The molecule has 0 bridgehead atoms. The first-order chi connectivity index (χ1) is 19.6. The number of nitrogens with zero attached hydrogens (tertiary/aromatic N) is 3. The van der Waals surface area contributed by atoms with Crippen molar-refractivity contribution < 1.29 is 13.9 Å². The summed E-state index contributed by atoms with van der Waals surface area (Å²) in [5.41, 5.74) is 5.11. The summed E-state index contributed by atoms with van der Waals surface area (Å²) < 4.78 is 20.8. The van der Waals surface area contributed by atoms with Gasteiger partial charge in [0.25, 0.3) is 0 Å². The van der Waals surface area contributed by atoms with Crippen molar-refractivity contribution in [3.8, 4) is 0 Å². The highest BCUT2D eigenvalue weighted by Crippen LogP contribution is 2.29. The fourth-order valence-electron chi connectivity index (χ4n) is 5.83. The molecule has 5 rings (SSSR count). The minimum Gasteiger partial charge on any atom is -0.378 e. The van der Waals surface area contributed by atoms with Gasteiger partial charge in [-0.15, -0.1) is 0 Å². The third-order valence-electron chi connectivity index (χ3n) is 8.35. The first-order valence-electron chi connectivity index (χ1n) is 14.9. The van der Waals surface area contributed by atoms with Crippen LogP contribution in [0.5, 0.6) is 0 Å². The topological polar surface area (TPSA) is 36.0 Å². The number of rotatable bonds is 10. The van der Waals surface area contributed by atoms with E-state index in [1.165, 1.54) is 11.1 Å². The number of anilines is 2. The lowest BCUT2D eigenvalue weighted by Crippen LogP contribution is -2.41. The Bertz CT molecular complexity index is 1220. The Hall–Kier alpha value is -3.22. The van der Waals surface area contributed by atoms with E-state index in [2.05, 4.69) is 48.2 Å². The van der Waals surface area contributed by atoms with Crippen LogP contribution < -0.4 is 9.80 Å². The molecule has 2 saturated heterocycles. The molecule has 212 valence electrons. The highest BCUT2D eigenvalue weighted by atomic mass is 19.1. The molecule has 0 radical (unpaired) electrons. The Morgan fingerprint density at radius 1 is 0.900 bits per heavy atom. The second kappa shape index (κ2) is 13.9. The maximum absolute atomic E-state index is 15.4. The number of carbonyl (C=O) groups is 1. The molecule has 6 heteroatoms. The van der Waals surface area contributed by atoms with Gasteiger partial charge in [0, 0.05) is 38.3 Å². The Kier molecular flexibility index (Phi) is 9.85. The molecule has 3 aromatic rings. The Balaban J connectivity index is 1.25. The zero-order valence-corrected chi connectivity index (χ0v) is 23.7. The first kappa shape index (κ1) is 28.3. The number of piperidine rings is 1. The lowest BCUT2D eigenvalue weighted by Gasteiger charge is -2.35. The summed E-state index contributed by atoms with van der Waals surface area (Å²) in [6, 6.07) is 24.4. The molecule has 0 atom stereocenters. The zero-order valence-electron chi connectivity index (χ0n) is 23.7. The molecule has 0 spiro atoms. The predicted octanol–water partition coefficient (Wildman–Crippen LogP) is 6.10. The predicted molar refractivity (Wildman–Crippen MR) is 160 cm³/mol. The van der Waals surface area contributed by atoms with Gasteiger partial charge in [-0.25, -0.2) is 4.39 Å². The average Bonchev–Trinajstić information content (AvgIpc) is 3.01. The number of carbonyl (C=O) groups excluding carboxylic acids is 1. The quantitative estimate of drug-likeness (QED) is 0.310. The minimum absolute atomic E-state index is 0.0563. The summed E-state index contributed by atoms with van der Waals surface area (Å²) in [5, 5.41) is 0. The van der Waals surface area contributed by atoms with Gasteiger partial charge in [-0.1, -0.05) is 61.5 Å². The number of morpholine rings is 1. The van der Waals surface area contributed by atoms with Crippen molar-refractivity contribution in [2.75, 3.05) is 55.7 Å². The first-order valence-corrected chi connectivity index (χ1v) is 14.9. The highest BCUT2D eigenvalue weighted by molar-refractivity contribution is 5.93. The third-order valence-corrected chi connectivity index (χ3v) is 8.35. The van der Waals surface area contributed by atoms with Gasteiger partial charge in [-0.2, -0.15) is 0 Å². The normalized spacial score (nSPS) is 16.7. The van der Waals surface area contributed by atoms with E-state index >= 15 is 4.39 Å². The number of likely N-dealkylation sites (tertiary alicyclic amines) is 1. The van der Waals surface area contributed by atoms with Gasteiger partial charge in [-0.3, -0.25) is 9.69 Å². The molecule has 0 unspecified atom stereocenters.